The molecule has 0 unspecified atom stereocenters. The molecule has 3 heterocycles. The molecule has 0 saturated carbocycles. The number of morpholine rings is 1. The number of nitro benzene ring substituents is 2. The van der Waals surface area contributed by atoms with Gasteiger partial charge in [0.25, 0.3) is 11.4 Å². The molecule has 2 N–H and O–H groups in total. The number of hydrogen-bond acceptors (Lipinski definition) is 14. The summed E-state index contributed by atoms with van der Waals surface area (Å²) in [5, 5.41) is 29.6. The molecule has 0 amide bonds. The number of aromatic nitrogens is 3. The summed E-state index contributed by atoms with van der Waals surface area (Å²) in [6.07, 6.45) is 1.24. The zero-order chi connectivity index (χ0) is 25.8. The van der Waals surface area contributed by atoms with Gasteiger partial charge in [0.2, 0.25) is 24.6 Å². The van der Waals surface area contributed by atoms with E-state index in [9.17, 15) is 20.2 Å². The van der Waals surface area contributed by atoms with Crippen LogP contribution in [0.2, 0.25) is 0 Å². The van der Waals surface area contributed by atoms with Gasteiger partial charge >= 0.3 is 0 Å². The van der Waals surface area contributed by atoms with Crippen molar-refractivity contribution in [1.29, 1.82) is 0 Å². The standard InChI is InChI=1S/C21H19N9O7/c31-29(32)15-3-1-2-14(9-15)23-19-24-20(26-21(25-19)28-4-6-35-7-5-28)27-22-11-13-8-17-18(37-12-36-17)10-16(13)30(33)34/h1-3,8-11H,4-7,12H2,(H2,23,24,25,26,27)/b22-11+. The number of nitro groups is 2. The molecule has 0 bridgehead atoms. The largest absolute Gasteiger partial charge is 0.454 e. The minimum atomic E-state index is -0.552. The van der Waals surface area contributed by atoms with Crippen molar-refractivity contribution in [2.45, 2.75) is 0 Å². The summed E-state index contributed by atoms with van der Waals surface area (Å²) < 4.78 is 15.9. The van der Waals surface area contributed by atoms with Crippen LogP contribution in [0.15, 0.2) is 41.5 Å². The fraction of sp³-hybridized carbons (Fsp3) is 0.238. The monoisotopic (exact) mass is 509 g/mol. The van der Waals surface area contributed by atoms with E-state index >= 15 is 0 Å². The van der Waals surface area contributed by atoms with Gasteiger partial charge in [0.05, 0.1) is 40.9 Å². The number of nitrogens with zero attached hydrogens (tertiary/aromatic N) is 7. The molecule has 16 nitrogen and oxygen atoms in total. The van der Waals surface area contributed by atoms with Crippen molar-refractivity contribution in [1.82, 2.24) is 15.0 Å². The number of fused-ring (bicyclic) bond motifs is 1. The number of hydrazone groups is 1. The quantitative estimate of drug-likeness (QED) is 0.256. The zero-order valence-electron chi connectivity index (χ0n) is 19.1. The Labute approximate surface area is 208 Å². The van der Waals surface area contributed by atoms with Crippen molar-refractivity contribution in [2.24, 2.45) is 5.10 Å². The topological polar surface area (TPSA) is 192 Å². The Morgan fingerprint density at radius 1 is 0.973 bits per heavy atom. The molecule has 1 aromatic heterocycles. The smallest absolute Gasteiger partial charge is 0.282 e. The second kappa shape index (κ2) is 10.2. The first-order valence-corrected chi connectivity index (χ1v) is 10.9. The molecular weight excluding hydrogens is 490 g/mol. The molecule has 2 aliphatic rings. The number of ether oxygens (including phenoxy) is 3. The molecule has 2 aromatic carbocycles. The lowest BCUT2D eigenvalue weighted by atomic mass is 10.1. The Morgan fingerprint density at radius 3 is 2.49 bits per heavy atom. The first kappa shape index (κ1) is 23.6. The molecule has 3 aromatic rings. The van der Waals surface area contributed by atoms with Gasteiger partial charge in [-0.15, -0.1) is 0 Å². The molecule has 0 radical (unpaired) electrons. The molecule has 0 spiro atoms. The number of nitrogens with one attached hydrogen (secondary N) is 2. The van der Waals surface area contributed by atoms with E-state index in [0.29, 0.717) is 43.7 Å². The van der Waals surface area contributed by atoms with Gasteiger partial charge in [-0.05, 0) is 12.1 Å². The van der Waals surface area contributed by atoms with E-state index in [0.717, 1.165) is 0 Å². The van der Waals surface area contributed by atoms with Gasteiger partial charge in [-0.3, -0.25) is 20.2 Å². The van der Waals surface area contributed by atoms with Crippen LogP contribution in [0, 0.1) is 20.2 Å². The van der Waals surface area contributed by atoms with E-state index < -0.39 is 9.85 Å². The maximum Gasteiger partial charge on any atom is 0.282 e. The molecule has 37 heavy (non-hydrogen) atoms. The second-order valence-electron chi connectivity index (χ2n) is 7.71. The predicted octanol–water partition coefficient (Wildman–Crippen LogP) is 2.44. The maximum atomic E-state index is 11.5. The van der Waals surface area contributed by atoms with Gasteiger partial charge in [0, 0.05) is 30.9 Å². The highest BCUT2D eigenvalue weighted by Crippen LogP contribution is 2.37. The van der Waals surface area contributed by atoms with Gasteiger partial charge in [0.1, 0.15) is 0 Å². The van der Waals surface area contributed by atoms with E-state index in [1.54, 1.807) is 6.07 Å². The minimum absolute atomic E-state index is 0.0269. The summed E-state index contributed by atoms with van der Waals surface area (Å²) in [6, 6.07) is 8.61. The van der Waals surface area contributed by atoms with Crippen molar-refractivity contribution >= 4 is 41.1 Å². The summed E-state index contributed by atoms with van der Waals surface area (Å²) in [7, 11) is 0. The predicted molar refractivity (Wildman–Crippen MR) is 130 cm³/mol. The molecule has 1 saturated heterocycles. The van der Waals surface area contributed by atoms with Crippen LogP contribution in [0.3, 0.4) is 0 Å². The molecular formula is C21H19N9O7. The van der Waals surface area contributed by atoms with Gasteiger partial charge < -0.3 is 24.4 Å². The Morgan fingerprint density at radius 2 is 1.73 bits per heavy atom. The van der Waals surface area contributed by atoms with Crippen LogP contribution in [-0.4, -0.2) is 64.1 Å². The first-order valence-electron chi connectivity index (χ1n) is 10.9. The normalized spacial score (nSPS) is 14.5. The van der Waals surface area contributed by atoms with E-state index in [1.165, 1.54) is 36.5 Å². The van der Waals surface area contributed by atoms with E-state index in [4.69, 9.17) is 14.2 Å². The Bertz CT molecular complexity index is 1380. The average molecular weight is 509 g/mol. The highest BCUT2D eigenvalue weighted by molar-refractivity contribution is 5.87. The van der Waals surface area contributed by atoms with E-state index in [2.05, 4.69) is 30.8 Å². The second-order valence-corrected chi connectivity index (χ2v) is 7.71. The van der Waals surface area contributed by atoms with Crippen molar-refractivity contribution in [3.05, 3.63) is 62.2 Å². The average Bonchev–Trinajstić information content (AvgIpc) is 3.36. The van der Waals surface area contributed by atoms with Gasteiger partial charge in [-0.1, -0.05) is 6.07 Å². The van der Waals surface area contributed by atoms with Gasteiger partial charge in [0.15, 0.2) is 11.5 Å². The molecule has 5 rings (SSSR count). The number of benzene rings is 2. The maximum absolute atomic E-state index is 11.5. The lowest BCUT2D eigenvalue weighted by molar-refractivity contribution is -0.385. The number of non-ortho nitro benzene ring substituents is 1. The van der Waals surface area contributed by atoms with E-state index in [-0.39, 0.29) is 41.4 Å². The summed E-state index contributed by atoms with van der Waals surface area (Å²) in [5.41, 5.74) is 2.94. The van der Waals surface area contributed by atoms with Crippen LogP contribution >= 0.6 is 0 Å². The Kier molecular flexibility index (Phi) is 6.54. The first-order chi connectivity index (χ1) is 18.0. The third-order valence-corrected chi connectivity index (χ3v) is 5.32. The van der Waals surface area contributed by atoms with Crippen LogP contribution in [0.5, 0.6) is 11.5 Å². The van der Waals surface area contributed by atoms with Crippen molar-refractivity contribution < 1.29 is 24.1 Å². The minimum Gasteiger partial charge on any atom is -0.454 e. The number of hydrogen-bond donors (Lipinski definition) is 2. The number of anilines is 4. The molecule has 16 heteroatoms. The highest BCUT2D eigenvalue weighted by atomic mass is 16.7. The van der Waals surface area contributed by atoms with Crippen molar-refractivity contribution in [3.8, 4) is 11.5 Å². The SMILES string of the molecule is O=[N+]([O-])c1cccc(Nc2nc(N/N=C/c3cc4c(cc3[N+](=O)[O-])OCO4)nc(N3CCOCC3)n2)c1. The van der Waals surface area contributed by atoms with Crippen molar-refractivity contribution in [3.63, 3.8) is 0 Å². The zero-order valence-corrected chi connectivity index (χ0v) is 19.1. The van der Waals surface area contributed by atoms with Gasteiger partial charge in [-0.25, -0.2) is 5.43 Å². The lowest BCUT2D eigenvalue weighted by Gasteiger charge is -2.27. The van der Waals surface area contributed by atoms with Crippen LogP contribution < -0.4 is 25.1 Å². The molecule has 190 valence electrons. The van der Waals surface area contributed by atoms with Crippen LogP contribution in [0.1, 0.15) is 5.56 Å². The Hall–Kier alpha value is -5.12. The Balaban J connectivity index is 1.42. The van der Waals surface area contributed by atoms with Crippen LogP contribution in [-0.2, 0) is 4.74 Å². The highest BCUT2D eigenvalue weighted by Gasteiger charge is 2.23. The third kappa shape index (κ3) is 5.43. The third-order valence-electron chi connectivity index (χ3n) is 5.32. The fourth-order valence-electron chi connectivity index (χ4n) is 3.57. The molecule has 0 atom stereocenters. The van der Waals surface area contributed by atoms with Crippen LogP contribution in [0.25, 0.3) is 0 Å². The number of rotatable bonds is 8. The van der Waals surface area contributed by atoms with Crippen LogP contribution in [0.4, 0.5) is 34.9 Å². The van der Waals surface area contributed by atoms with E-state index in [1.807, 2.05) is 4.90 Å². The lowest BCUT2D eigenvalue weighted by Crippen LogP contribution is -2.37. The molecule has 2 aliphatic heterocycles. The van der Waals surface area contributed by atoms with Gasteiger partial charge in [-0.2, -0.15) is 20.1 Å². The molecule has 1 fully saturated rings. The fourth-order valence-corrected chi connectivity index (χ4v) is 3.57. The van der Waals surface area contributed by atoms with Crippen molar-refractivity contribution in [2.75, 3.05) is 48.7 Å². The summed E-state index contributed by atoms with van der Waals surface area (Å²) in [5.74, 6) is 1.14. The summed E-state index contributed by atoms with van der Waals surface area (Å²) >= 11 is 0. The molecule has 0 aliphatic carbocycles. The summed E-state index contributed by atoms with van der Waals surface area (Å²) in [4.78, 5) is 36.5. The summed E-state index contributed by atoms with van der Waals surface area (Å²) in [6.45, 7) is 2.06.